The second-order valence-electron chi connectivity index (χ2n) is 3.57. The van der Waals surface area contributed by atoms with Crippen molar-refractivity contribution in [3.63, 3.8) is 0 Å². The molecule has 0 radical (unpaired) electrons. The largest absolute Gasteiger partial charge is 0.465 e. The molecule has 11 heteroatoms. The summed E-state index contributed by atoms with van der Waals surface area (Å²) in [5.74, 6) is 0. The Kier molecular flexibility index (Phi) is 6.03. The minimum atomic E-state index is -4.58. The number of halogens is 5. The molecule has 0 fully saturated rings. The van der Waals surface area contributed by atoms with Crippen molar-refractivity contribution in [3.8, 4) is 0 Å². The van der Waals surface area contributed by atoms with Crippen LogP contribution < -0.4 is 5.32 Å². The Bertz CT molecular complexity index is 552. The zero-order valence-corrected chi connectivity index (χ0v) is 11.6. The molecule has 1 rings (SSSR count). The van der Waals surface area contributed by atoms with E-state index in [4.69, 9.17) is 28.3 Å². The Morgan fingerprint density at radius 3 is 2.67 bits per heavy atom. The lowest BCUT2D eigenvalue weighted by molar-refractivity contribution is -0.173. The number of pyridine rings is 1. The van der Waals surface area contributed by atoms with Gasteiger partial charge in [-0.05, 0) is 6.07 Å². The number of hydrogen-bond donors (Lipinski definition) is 2. The van der Waals surface area contributed by atoms with Crippen molar-refractivity contribution < 1.29 is 27.9 Å². The fourth-order valence-electron chi connectivity index (χ4n) is 1.13. The van der Waals surface area contributed by atoms with Crippen molar-refractivity contribution in [2.75, 3.05) is 13.2 Å². The first-order valence-electron chi connectivity index (χ1n) is 5.23. The summed E-state index contributed by atoms with van der Waals surface area (Å²) in [6.45, 7) is -2.07. The number of rotatable bonds is 5. The van der Waals surface area contributed by atoms with E-state index in [-0.39, 0.29) is 21.5 Å². The summed E-state index contributed by atoms with van der Waals surface area (Å²) < 4.78 is 36.0. The maximum absolute atomic E-state index is 12.0. The number of hydrogen-bond acceptors (Lipinski definition) is 4. The maximum Gasteiger partial charge on any atom is 0.425 e. The number of alkyl halides is 3. The van der Waals surface area contributed by atoms with Gasteiger partial charge >= 0.3 is 12.3 Å². The average molecular weight is 346 g/mol. The Balaban J connectivity index is 2.95. The molecular weight excluding hydrogens is 338 g/mol. The van der Waals surface area contributed by atoms with E-state index in [2.05, 4.69) is 15.0 Å². The zero-order chi connectivity index (χ0) is 16.0. The van der Waals surface area contributed by atoms with Crippen LogP contribution in [0.4, 0.5) is 18.0 Å². The predicted octanol–water partition coefficient (Wildman–Crippen LogP) is 2.94. The summed E-state index contributed by atoms with van der Waals surface area (Å²) in [4.78, 5) is 18.4. The molecule has 6 nitrogen and oxygen atoms in total. The van der Waals surface area contributed by atoms with Gasteiger partial charge in [-0.1, -0.05) is 28.4 Å². The van der Waals surface area contributed by atoms with E-state index in [1.807, 2.05) is 5.32 Å². The minimum Gasteiger partial charge on any atom is -0.465 e. The standard InChI is InChI=1S/C10H8Cl2F3N3O3/c11-5-1-6(12)8(16-2-5)7(3-17-9(19)20)18-21-4-10(13,14)15/h1-2,17H,3-4H2,(H,19,20). The van der Waals surface area contributed by atoms with Crippen molar-refractivity contribution in [1.82, 2.24) is 10.3 Å². The lowest BCUT2D eigenvalue weighted by Crippen LogP contribution is -2.29. The first kappa shape index (κ1) is 17.3. The van der Waals surface area contributed by atoms with E-state index in [1.165, 1.54) is 12.3 Å². The van der Waals surface area contributed by atoms with E-state index in [1.54, 1.807) is 0 Å². The number of carbonyl (C=O) groups is 1. The van der Waals surface area contributed by atoms with Crippen LogP contribution in [0, 0.1) is 0 Å². The first-order valence-corrected chi connectivity index (χ1v) is 5.98. The molecular formula is C10H8Cl2F3N3O3. The van der Waals surface area contributed by atoms with Crippen LogP contribution in [0.2, 0.25) is 10.0 Å². The Morgan fingerprint density at radius 1 is 1.48 bits per heavy atom. The Labute approximate surface area is 126 Å². The smallest absolute Gasteiger partial charge is 0.425 e. The van der Waals surface area contributed by atoms with Crippen molar-refractivity contribution in [2.24, 2.45) is 5.16 Å². The van der Waals surface area contributed by atoms with Gasteiger partial charge in [0.2, 0.25) is 6.61 Å². The van der Waals surface area contributed by atoms with Crippen molar-refractivity contribution in [3.05, 3.63) is 28.0 Å². The number of amides is 1. The molecule has 1 heterocycles. The fourth-order valence-corrected chi connectivity index (χ4v) is 1.62. The van der Waals surface area contributed by atoms with Gasteiger partial charge in [0.1, 0.15) is 11.4 Å². The molecule has 0 aromatic carbocycles. The van der Waals surface area contributed by atoms with Crippen LogP contribution in [-0.2, 0) is 4.84 Å². The highest BCUT2D eigenvalue weighted by atomic mass is 35.5. The molecule has 0 bridgehead atoms. The van der Waals surface area contributed by atoms with Gasteiger partial charge in [-0.3, -0.25) is 4.98 Å². The predicted molar refractivity (Wildman–Crippen MR) is 68.8 cm³/mol. The highest BCUT2D eigenvalue weighted by Gasteiger charge is 2.28. The summed E-state index contributed by atoms with van der Waals surface area (Å²) in [7, 11) is 0. The summed E-state index contributed by atoms with van der Waals surface area (Å²) in [5.41, 5.74) is -0.264. The van der Waals surface area contributed by atoms with E-state index < -0.39 is 25.4 Å². The van der Waals surface area contributed by atoms with Crippen LogP contribution in [0.5, 0.6) is 0 Å². The van der Waals surface area contributed by atoms with E-state index in [0.29, 0.717) is 0 Å². The molecule has 0 aliphatic carbocycles. The summed E-state index contributed by atoms with van der Waals surface area (Å²) in [6.07, 6.45) is -4.79. The van der Waals surface area contributed by atoms with Crippen LogP contribution in [0.3, 0.4) is 0 Å². The SMILES string of the molecule is O=C(O)NCC(=NOCC(F)(F)F)c1ncc(Cl)cc1Cl. The quantitative estimate of drug-likeness (QED) is 0.634. The van der Waals surface area contributed by atoms with Crippen LogP contribution in [0.15, 0.2) is 17.4 Å². The van der Waals surface area contributed by atoms with Gasteiger partial charge in [0.05, 0.1) is 16.6 Å². The van der Waals surface area contributed by atoms with Crippen molar-refractivity contribution >= 4 is 35.0 Å². The van der Waals surface area contributed by atoms with Gasteiger partial charge in [-0.15, -0.1) is 0 Å². The van der Waals surface area contributed by atoms with E-state index in [0.717, 1.165) is 0 Å². The number of nitrogens with one attached hydrogen (secondary N) is 1. The third kappa shape index (κ3) is 6.50. The third-order valence-corrected chi connectivity index (χ3v) is 2.39. The molecule has 0 aliphatic rings. The van der Waals surface area contributed by atoms with Gasteiger partial charge in [0.25, 0.3) is 0 Å². The molecule has 0 aliphatic heterocycles. The van der Waals surface area contributed by atoms with Gasteiger partial charge in [0.15, 0.2) is 0 Å². The lowest BCUT2D eigenvalue weighted by Gasteiger charge is -2.09. The average Bonchev–Trinajstić information content (AvgIpc) is 2.32. The molecule has 0 spiro atoms. The van der Waals surface area contributed by atoms with Gasteiger partial charge < -0.3 is 15.3 Å². The molecule has 1 aromatic rings. The van der Waals surface area contributed by atoms with Gasteiger partial charge in [0, 0.05) is 6.20 Å². The Morgan fingerprint density at radius 2 is 2.14 bits per heavy atom. The number of oxime groups is 1. The lowest BCUT2D eigenvalue weighted by atomic mass is 10.2. The molecule has 0 saturated carbocycles. The summed E-state index contributed by atoms with van der Waals surface area (Å²) >= 11 is 11.5. The second-order valence-corrected chi connectivity index (χ2v) is 4.41. The molecule has 116 valence electrons. The van der Waals surface area contributed by atoms with Crippen LogP contribution in [0.1, 0.15) is 5.69 Å². The monoisotopic (exact) mass is 345 g/mol. The highest BCUT2D eigenvalue weighted by molar-refractivity contribution is 6.36. The molecule has 0 saturated heterocycles. The number of carboxylic acid groups (broad SMARTS) is 1. The van der Waals surface area contributed by atoms with Crippen molar-refractivity contribution in [2.45, 2.75) is 6.18 Å². The summed E-state index contributed by atoms with van der Waals surface area (Å²) in [5, 5.41) is 13.9. The van der Waals surface area contributed by atoms with E-state index in [9.17, 15) is 18.0 Å². The Hall–Kier alpha value is -1.74. The maximum atomic E-state index is 12.0. The third-order valence-electron chi connectivity index (χ3n) is 1.89. The van der Waals surface area contributed by atoms with Gasteiger partial charge in [-0.2, -0.15) is 13.2 Å². The highest BCUT2D eigenvalue weighted by Crippen LogP contribution is 2.20. The molecule has 1 aromatic heterocycles. The fraction of sp³-hybridized carbons (Fsp3) is 0.300. The van der Waals surface area contributed by atoms with Crippen LogP contribution >= 0.6 is 23.2 Å². The van der Waals surface area contributed by atoms with Crippen LogP contribution in [-0.4, -0.2) is 41.2 Å². The molecule has 0 atom stereocenters. The molecule has 0 unspecified atom stereocenters. The van der Waals surface area contributed by atoms with Crippen LogP contribution in [0.25, 0.3) is 0 Å². The first-order chi connectivity index (χ1) is 9.69. The zero-order valence-electron chi connectivity index (χ0n) is 10.1. The topological polar surface area (TPSA) is 83.8 Å². The minimum absolute atomic E-state index is 0.0101. The van der Waals surface area contributed by atoms with Crippen molar-refractivity contribution in [1.29, 1.82) is 0 Å². The molecule has 2 N–H and O–H groups in total. The number of aromatic nitrogens is 1. The second kappa shape index (κ2) is 7.32. The molecule has 1 amide bonds. The van der Waals surface area contributed by atoms with E-state index >= 15 is 0 Å². The summed E-state index contributed by atoms with van der Waals surface area (Å²) in [6, 6.07) is 1.28. The number of nitrogens with zero attached hydrogens (tertiary/aromatic N) is 2. The van der Waals surface area contributed by atoms with Gasteiger partial charge in [-0.25, -0.2) is 4.79 Å². The molecule has 21 heavy (non-hydrogen) atoms. The normalized spacial score (nSPS) is 12.1.